The highest BCUT2D eigenvalue weighted by Gasteiger charge is 2.30. The first-order chi connectivity index (χ1) is 16.0. The lowest BCUT2D eigenvalue weighted by atomic mass is 9.71. The zero-order valence-electron chi connectivity index (χ0n) is 18.9. The van der Waals surface area contributed by atoms with Crippen molar-refractivity contribution in [3.63, 3.8) is 0 Å². The second-order valence-electron chi connectivity index (χ2n) is 7.78. The maximum atomic E-state index is 10.5. The molecule has 0 saturated heterocycles. The highest BCUT2D eigenvalue weighted by atomic mass is 16.5. The average Bonchev–Trinajstić information content (AvgIpc) is 2.89. The summed E-state index contributed by atoms with van der Waals surface area (Å²) in [5.74, 6) is -0.639. The first kappa shape index (κ1) is 23.6. The number of primary amides is 1. The van der Waals surface area contributed by atoms with Crippen LogP contribution in [0.4, 0.5) is 0 Å². The Balaban J connectivity index is 0.000000205. The van der Waals surface area contributed by atoms with Gasteiger partial charge in [-0.1, -0.05) is 128 Å². The fourth-order valence-corrected chi connectivity index (χ4v) is 3.63. The molecule has 166 valence electrons. The quantitative estimate of drug-likeness (QED) is 0.212. The Hall–Kier alpha value is -4.11. The molecule has 0 spiro atoms. The largest absolute Gasteiger partial charge is 0.484 e. The van der Waals surface area contributed by atoms with E-state index in [4.69, 9.17) is 10.5 Å². The van der Waals surface area contributed by atoms with E-state index in [0.29, 0.717) is 6.61 Å². The van der Waals surface area contributed by atoms with Crippen molar-refractivity contribution in [3.05, 3.63) is 156 Å². The summed E-state index contributed by atoms with van der Waals surface area (Å²) in [6.07, 6.45) is 0. The first-order valence-electron chi connectivity index (χ1n) is 10.8. The van der Waals surface area contributed by atoms with E-state index < -0.39 is 5.91 Å². The van der Waals surface area contributed by atoms with Crippen molar-refractivity contribution < 1.29 is 9.53 Å². The molecular formula is C30H29NO2. The molecule has 0 fully saturated rings. The van der Waals surface area contributed by atoms with E-state index >= 15 is 0 Å². The fourth-order valence-electron chi connectivity index (χ4n) is 3.63. The highest BCUT2D eigenvalue weighted by molar-refractivity contribution is 5.89. The van der Waals surface area contributed by atoms with Crippen LogP contribution in [-0.4, -0.2) is 5.91 Å². The van der Waals surface area contributed by atoms with E-state index in [9.17, 15) is 4.79 Å². The number of nitrogens with two attached hydrogens (primary N) is 1. The topological polar surface area (TPSA) is 52.3 Å². The van der Waals surface area contributed by atoms with Gasteiger partial charge in [0.25, 0.3) is 5.91 Å². The number of carbonyl (C=O) groups excluding carboxylic acids is 1. The van der Waals surface area contributed by atoms with E-state index in [-0.39, 0.29) is 11.2 Å². The van der Waals surface area contributed by atoms with Gasteiger partial charge in [0, 0.05) is 5.41 Å². The van der Waals surface area contributed by atoms with Gasteiger partial charge in [0.05, 0.1) is 0 Å². The fraction of sp³-hybridized carbons (Fsp3) is 0.100. The van der Waals surface area contributed by atoms with Gasteiger partial charge in [0.15, 0.2) is 5.76 Å². The molecule has 0 aliphatic carbocycles. The molecule has 3 nitrogen and oxygen atoms in total. The number of ether oxygens (including phenoxy) is 1. The van der Waals surface area contributed by atoms with Crippen molar-refractivity contribution >= 4 is 5.91 Å². The summed E-state index contributed by atoms with van der Waals surface area (Å²) in [5.41, 5.74) is 9.74. The predicted molar refractivity (Wildman–Crippen MR) is 134 cm³/mol. The normalized spacial score (nSPS) is 10.5. The third kappa shape index (κ3) is 6.20. The maximum absolute atomic E-state index is 10.5. The van der Waals surface area contributed by atoms with Crippen LogP contribution in [0.3, 0.4) is 0 Å². The molecule has 0 heterocycles. The van der Waals surface area contributed by atoms with Crippen LogP contribution >= 0.6 is 0 Å². The van der Waals surface area contributed by atoms with Crippen molar-refractivity contribution in [2.45, 2.75) is 18.9 Å². The van der Waals surface area contributed by atoms with Crippen LogP contribution in [0.2, 0.25) is 0 Å². The van der Waals surface area contributed by atoms with Gasteiger partial charge in [-0.2, -0.15) is 0 Å². The predicted octanol–water partition coefficient (Wildman–Crippen LogP) is 6.24. The summed E-state index contributed by atoms with van der Waals surface area (Å²) in [7, 11) is 0. The first-order valence-corrected chi connectivity index (χ1v) is 10.8. The third-order valence-corrected chi connectivity index (χ3v) is 5.58. The monoisotopic (exact) mass is 435 g/mol. The lowest BCUT2D eigenvalue weighted by Gasteiger charge is -2.31. The van der Waals surface area contributed by atoms with Gasteiger partial charge in [-0.15, -0.1) is 0 Å². The van der Waals surface area contributed by atoms with Gasteiger partial charge in [-0.3, -0.25) is 4.79 Å². The number of hydrogen-bond acceptors (Lipinski definition) is 2. The molecule has 0 saturated carbocycles. The molecule has 4 aromatic carbocycles. The van der Waals surface area contributed by atoms with E-state index in [2.05, 4.69) is 104 Å². The Labute approximate surface area is 196 Å². The molecule has 0 unspecified atom stereocenters. The molecule has 0 aliphatic heterocycles. The van der Waals surface area contributed by atoms with Crippen LogP contribution < -0.4 is 5.73 Å². The SMILES string of the molecule is C=C(OCc1ccccc1)C(N)=O.CC(c1ccccc1)(c1ccccc1)c1ccccc1. The van der Waals surface area contributed by atoms with Gasteiger partial charge in [-0.25, -0.2) is 0 Å². The summed E-state index contributed by atoms with van der Waals surface area (Å²) in [5, 5.41) is 0. The zero-order valence-corrected chi connectivity index (χ0v) is 18.9. The molecule has 4 aromatic rings. The van der Waals surface area contributed by atoms with Gasteiger partial charge in [0.1, 0.15) is 6.61 Å². The molecule has 0 atom stereocenters. The molecule has 0 bridgehead atoms. The minimum Gasteiger partial charge on any atom is -0.484 e. The standard InChI is InChI=1S/C20H18.C10H11NO2/c1-20(17-11-5-2-6-12-17,18-13-7-3-8-14-18)19-15-9-4-10-16-19;1-8(10(11)12)13-7-9-5-3-2-4-6-9/h2-16H,1H3;2-6H,1,7H2,(H2,11,12). The average molecular weight is 436 g/mol. The van der Waals surface area contributed by atoms with Crippen molar-refractivity contribution in [1.29, 1.82) is 0 Å². The number of rotatable bonds is 7. The van der Waals surface area contributed by atoms with E-state index in [1.165, 1.54) is 16.7 Å². The Morgan fingerprint density at radius 3 is 1.36 bits per heavy atom. The Morgan fingerprint density at radius 2 is 1.03 bits per heavy atom. The van der Waals surface area contributed by atoms with E-state index in [0.717, 1.165) is 5.56 Å². The number of amides is 1. The second-order valence-corrected chi connectivity index (χ2v) is 7.78. The second kappa shape index (κ2) is 11.5. The van der Waals surface area contributed by atoms with E-state index in [1.807, 2.05) is 30.3 Å². The van der Waals surface area contributed by atoms with Crippen molar-refractivity contribution in [3.8, 4) is 0 Å². The highest BCUT2D eigenvalue weighted by Crippen LogP contribution is 2.38. The Kier molecular flexibility index (Phi) is 8.20. The molecule has 0 aromatic heterocycles. The maximum Gasteiger partial charge on any atom is 0.283 e. The summed E-state index contributed by atoms with van der Waals surface area (Å²) in [4.78, 5) is 10.5. The molecule has 1 amide bonds. The number of hydrogen-bond donors (Lipinski definition) is 1. The zero-order chi connectivity index (χ0) is 23.5. The number of benzene rings is 4. The lowest BCUT2D eigenvalue weighted by molar-refractivity contribution is -0.118. The summed E-state index contributed by atoms with van der Waals surface area (Å²) < 4.78 is 5.02. The van der Waals surface area contributed by atoms with Crippen LogP contribution in [0.1, 0.15) is 29.2 Å². The van der Waals surface area contributed by atoms with Crippen LogP contribution in [0.15, 0.2) is 134 Å². The lowest BCUT2D eigenvalue weighted by Crippen LogP contribution is -2.25. The Bertz CT molecular complexity index is 1040. The smallest absolute Gasteiger partial charge is 0.283 e. The molecule has 0 radical (unpaired) electrons. The van der Waals surface area contributed by atoms with Gasteiger partial charge >= 0.3 is 0 Å². The Morgan fingerprint density at radius 1 is 0.697 bits per heavy atom. The minimum absolute atomic E-state index is 0.0103. The van der Waals surface area contributed by atoms with Crippen LogP contribution in [0.25, 0.3) is 0 Å². The number of carbonyl (C=O) groups is 1. The summed E-state index contributed by atoms with van der Waals surface area (Å²) in [6, 6.07) is 41.6. The van der Waals surface area contributed by atoms with Crippen LogP contribution in [-0.2, 0) is 21.6 Å². The summed E-state index contributed by atoms with van der Waals surface area (Å²) in [6.45, 7) is 5.99. The molecule has 33 heavy (non-hydrogen) atoms. The van der Waals surface area contributed by atoms with Crippen molar-refractivity contribution in [2.24, 2.45) is 5.73 Å². The van der Waals surface area contributed by atoms with Crippen LogP contribution in [0.5, 0.6) is 0 Å². The van der Waals surface area contributed by atoms with Crippen molar-refractivity contribution in [1.82, 2.24) is 0 Å². The van der Waals surface area contributed by atoms with Gasteiger partial charge in [-0.05, 0) is 29.2 Å². The third-order valence-electron chi connectivity index (χ3n) is 5.58. The minimum atomic E-state index is -0.629. The molecule has 3 heteroatoms. The summed E-state index contributed by atoms with van der Waals surface area (Å²) >= 11 is 0. The molecular weight excluding hydrogens is 406 g/mol. The van der Waals surface area contributed by atoms with Gasteiger partial charge < -0.3 is 10.5 Å². The molecule has 0 aliphatic rings. The molecule has 4 rings (SSSR count). The van der Waals surface area contributed by atoms with Crippen LogP contribution in [0, 0.1) is 0 Å². The van der Waals surface area contributed by atoms with E-state index in [1.54, 1.807) is 0 Å². The van der Waals surface area contributed by atoms with Gasteiger partial charge in [0.2, 0.25) is 0 Å². The molecule has 2 N–H and O–H groups in total. The van der Waals surface area contributed by atoms with Crippen molar-refractivity contribution in [2.75, 3.05) is 0 Å².